The highest BCUT2D eigenvalue weighted by atomic mass is 79.9. The minimum Gasteiger partial charge on any atom is -0.271 e. The second-order valence-corrected chi connectivity index (χ2v) is 5.30. The average molecular weight is 342 g/mol. The molecule has 0 aliphatic heterocycles. The van der Waals surface area contributed by atoms with Crippen LogP contribution in [-0.4, -0.2) is 14.8 Å². The van der Waals surface area contributed by atoms with Crippen molar-refractivity contribution < 1.29 is 4.39 Å². The predicted octanol–water partition coefficient (Wildman–Crippen LogP) is 2.03. The third-order valence-electron chi connectivity index (χ3n) is 3.21. The van der Waals surface area contributed by atoms with Crippen LogP contribution in [0.3, 0.4) is 0 Å². The summed E-state index contributed by atoms with van der Waals surface area (Å²) in [5.74, 6) is 5.24. The van der Waals surface area contributed by atoms with Crippen molar-refractivity contribution in [2.24, 2.45) is 12.9 Å². The van der Waals surface area contributed by atoms with Crippen LogP contribution in [0.4, 0.5) is 4.39 Å². The van der Waals surface area contributed by atoms with Gasteiger partial charge in [-0.3, -0.25) is 20.9 Å². The van der Waals surface area contributed by atoms with Crippen molar-refractivity contribution in [2.75, 3.05) is 0 Å². The fraction of sp³-hybridized carbons (Fsp3) is 0.385. The number of nitrogens with two attached hydrogens (primary N) is 1. The van der Waals surface area contributed by atoms with Crippen molar-refractivity contribution in [3.63, 3.8) is 0 Å². The Morgan fingerprint density at radius 2 is 2.25 bits per heavy atom. The Hall–Kier alpha value is -1.31. The first-order valence-corrected chi connectivity index (χ1v) is 7.14. The molecule has 0 spiro atoms. The minimum absolute atomic E-state index is 0.202. The van der Waals surface area contributed by atoms with Crippen LogP contribution >= 0.6 is 15.9 Å². The van der Waals surface area contributed by atoms with Gasteiger partial charge in [0.15, 0.2) is 0 Å². The van der Waals surface area contributed by atoms with Crippen molar-refractivity contribution in [3.8, 4) is 0 Å². The third-order valence-corrected chi connectivity index (χ3v) is 4.12. The molecule has 0 aliphatic carbocycles. The molecule has 0 saturated heterocycles. The van der Waals surface area contributed by atoms with Crippen LogP contribution in [0, 0.1) is 5.82 Å². The molecular formula is C13H17BrFN5. The highest BCUT2D eigenvalue weighted by molar-refractivity contribution is 9.10. The van der Waals surface area contributed by atoms with E-state index in [4.69, 9.17) is 5.84 Å². The second kappa shape index (κ2) is 6.43. The van der Waals surface area contributed by atoms with E-state index in [1.54, 1.807) is 6.07 Å². The molecule has 7 heteroatoms. The summed E-state index contributed by atoms with van der Waals surface area (Å²) in [5.41, 5.74) is 5.44. The maximum Gasteiger partial charge on any atom is 0.141 e. The highest BCUT2D eigenvalue weighted by Crippen LogP contribution is 2.26. The van der Waals surface area contributed by atoms with Crippen molar-refractivity contribution in [3.05, 3.63) is 45.7 Å². The Labute approximate surface area is 125 Å². The van der Waals surface area contributed by atoms with Crippen LogP contribution in [-0.2, 0) is 19.9 Å². The molecule has 2 heterocycles. The zero-order chi connectivity index (χ0) is 14.7. The third kappa shape index (κ3) is 3.05. The molecule has 0 fully saturated rings. The molecule has 1 atom stereocenters. The van der Waals surface area contributed by atoms with Crippen molar-refractivity contribution in [2.45, 2.75) is 25.8 Å². The number of hydrazine groups is 1. The number of rotatable bonds is 5. The lowest BCUT2D eigenvalue weighted by molar-refractivity contribution is 0.514. The zero-order valence-electron chi connectivity index (χ0n) is 11.4. The lowest BCUT2D eigenvalue weighted by atomic mass is 10.1. The van der Waals surface area contributed by atoms with Gasteiger partial charge in [-0.2, -0.15) is 5.10 Å². The first kappa shape index (κ1) is 15.1. The van der Waals surface area contributed by atoms with Gasteiger partial charge in [-0.25, -0.2) is 4.39 Å². The number of hydrogen-bond donors (Lipinski definition) is 2. The summed E-state index contributed by atoms with van der Waals surface area (Å²) in [4.78, 5) is 4.07. The Balaban J connectivity index is 2.26. The fourth-order valence-corrected chi connectivity index (χ4v) is 2.86. The number of nitrogens with one attached hydrogen (secondary N) is 1. The van der Waals surface area contributed by atoms with Crippen LogP contribution in [0.25, 0.3) is 0 Å². The molecule has 0 saturated carbocycles. The number of aromatic nitrogens is 3. The quantitative estimate of drug-likeness (QED) is 0.644. The van der Waals surface area contributed by atoms with Crippen LogP contribution in [0.1, 0.15) is 30.0 Å². The zero-order valence-corrected chi connectivity index (χ0v) is 13.0. The molecule has 0 radical (unpaired) electrons. The van der Waals surface area contributed by atoms with Gasteiger partial charge in [0.25, 0.3) is 0 Å². The Morgan fingerprint density at radius 3 is 2.75 bits per heavy atom. The van der Waals surface area contributed by atoms with E-state index in [-0.39, 0.29) is 11.9 Å². The highest BCUT2D eigenvalue weighted by Gasteiger charge is 2.19. The molecule has 0 amide bonds. The van der Waals surface area contributed by atoms with Gasteiger partial charge in [0.2, 0.25) is 0 Å². The van der Waals surface area contributed by atoms with E-state index in [2.05, 4.69) is 38.4 Å². The Bertz CT molecular complexity index is 581. The number of nitrogens with zero attached hydrogens (tertiary/aromatic N) is 3. The molecule has 1 unspecified atom stereocenters. The fourth-order valence-electron chi connectivity index (χ4n) is 2.08. The smallest absolute Gasteiger partial charge is 0.141 e. The van der Waals surface area contributed by atoms with Crippen molar-refractivity contribution in [1.29, 1.82) is 0 Å². The summed E-state index contributed by atoms with van der Waals surface area (Å²) in [6.07, 6.45) is 2.65. The summed E-state index contributed by atoms with van der Waals surface area (Å²) >= 11 is 3.57. The lowest BCUT2D eigenvalue weighted by Gasteiger charge is -2.15. The monoisotopic (exact) mass is 341 g/mol. The summed E-state index contributed by atoms with van der Waals surface area (Å²) in [7, 11) is 1.89. The molecule has 108 valence electrons. The molecule has 2 aromatic heterocycles. The lowest BCUT2D eigenvalue weighted by Crippen LogP contribution is -2.30. The molecule has 0 aliphatic rings. The van der Waals surface area contributed by atoms with Crippen LogP contribution in [0.2, 0.25) is 0 Å². The minimum atomic E-state index is -0.362. The van der Waals surface area contributed by atoms with Gasteiger partial charge in [0.1, 0.15) is 5.82 Å². The largest absolute Gasteiger partial charge is 0.271 e. The number of aryl methyl sites for hydroxylation is 2. The van der Waals surface area contributed by atoms with E-state index in [0.29, 0.717) is 12.1 Å². The summed E-state index contributed by atoms with van der Waals surface area (Å²) < 4.78 is 15.7. The Kier molecular flexibility index (Phi) is 4.85. The summed E-state index contributed by atoms with van der Waals surface area (Å²) in [6.45, 7) is 2.05. The van der Waals surface area contributed by atoms with Gasteiger partial charge in [-0.1, -0.05) is 6.92 Å². The van der Waals surface area contributed by atoms with Gasteiger partial charge < -0.3 is 0 Å². The normalized spacial score (nSPS) is 12.7. The molecule has 5 nitrogen and oxygen atoms in total. The molecule has 2 rings (SSSR count). The van der Waals surface area contributed by atoms with Crippen molar-refractivity contribution >= 4 is 15.9 Å². The van der Waals surface area contributed by atoms with Gasteiger partial charge in [0.05, 0.1) is 33.8 Å². The predicted molar refractivity (Wildman–Crippen MR) is 78.2 cm³/mol. The number of pyridine rings is 1. The SMILES string of the molecule is CCc1nn(C)c(CC(NN)c2ccc(F)cn2)c1Br. The molecule has 20 heavy (non-hydrogen) atoms. The van der Waals surface area contributed by atoms with Crippen LogP contribution in [0.5, 0.6) is 0 Å². The van der Waals surface area contributed by atoms with E-state index < -0.39 is 0 Å². The summed E-state index contributed by atoms with van der Waals surface area (Å²) in [6, 6.07) is 2.81. The van der Waals surface area contributed by atoms with Gasteiger partial charge in [-0.15, -0.1) is 0 Å². The molecule has 3 N–H and O–H groups in total. The van der Waals surface area contributed by atoms with Gasteiger partial charge in [0, 0.05) is 13.5 Å². The number of hydrogen-bond acceptors (Lipinski definition) is 4. The summed E-state index contributed by atoms with van der Waals surface area (Å²) in [5, 5.41) is 4.44. The van der Waals surface area contributed by atoms with Gasteiger partial charge in [-0.05, 0) is 34.5 Å². The first-order chi connectivity index (χ1) is 9.56. The van der Waals surface area contributed by atoms with Gasteiger partial charge >= 0.3 is 0 Å². The van der Waals surface area contributed by atoms with E-state index in [1.165, 1.54) is 12.3 Å². The maximum atomic E-state index is 12.9. The van der Waals surface area contributed by atoms with E-state index in [1.807, 2.05) is 11.7 Å². The van der Waals surface area contributed by atoms with Crippen molar-refractivity contribution in [1.82, 2.24) is 20.2 Å². The topological polar surface area (TPSA) is 68.8 Å². The molecule has 0 aromatic carbocycles. The van der Waals surface area contributed by atoms with Crippen LogP contribution in [0.15, 0.2) is 22.8 Å². The van der Waals surface area contributed by atoms with Crippen LogP contribution < -0.4 is 11.3 Å². The molecule has 0 bridgehead atoms. The van der Waals surface area contributed by atoms with E-state index >= 15 is 0 Å². The molecule has 2 aromatic rings. The first-order valence-electron chi connectivity index (χ1n) is 6.34. The standard InChI is InChI=1S/C13H17BrFN5/c1-3-9-13(14)12(20(2)19-9)6-11(18-16)10-5-4-8(15)7-17-10/h4-5,7,11,18H,3,6,16H2,1-2H3. The van der Waals surface area contributed by atoms with E-state index in [9.17, 15) is 4.39 Å². The average Bonchev–Trinajstić information content (AvgIpc) is 2.72. The van der Waals surface area contributed by atoms with E-state index in [0.717, 1.165) is 22.3 Å². The molecular weight excluding hydrogens is 325 g/mol. The maximum absolute atomic E-state index is 12.9. The number of halogens is 2. The Morgan fingerprint density at radius 1 is 1.50 bits per heavy atom. The second-order valence-electron chi connectivity index (χ2n) is 4.51.